The van der Waals surface area contributed by atoms with Gasteiger partial charge in [-0.3, -0.25) is 4.52 Å². The van der Waals surface area contributed by atoms with Crippen LogP contribution in [0, 0.1) is 0 Å². The zero-order valence-corrected chi connectivity index (χ0v) is 12.0. The highest BCUT2D eigenvalue weighted by atomic mass is 31.2. The minimum absolute atomic E-state index is 0.0275. The lowest BCUT2D eigenvalue weighted by molar-refractivity contribution is 0.180. The van der Waals surface area contributed by atoms with Gasteiger partial charge in [0.25, 0.3) is 0 Å². The summed E-state index contributed by atoms with van der Waals surface area (Å²) in [6.45, 7) is -0.0275. The molecule has 9 nitrogen and oxygen atoms in total. The topological polar surface area (TPSA) is 146 Å². The van der Waals surface area contributed by atoms with E-state index in [-0.39, 0.29) is 18.7 Å². The fourth-order valence-corrected chi connectivity index (χ4v) is 3.00. The molecule has 1 fully saturated rings. The lowest BCUT2D eigenvalue weighted by atomic mass is 10.1. The summed E-state index contributed by atoms with van der Waals surface area (Å²) in [6, 6.07) is -0.0646. The van der Waals surface area contributed by atoms with Crippen molar-refractivity contribution in [2.75, 3.05) is 12.3 Å². The molecule has 0 amide bonds. The molecule has 2 aromatic rings. The van der Waals surface area contributed by atoms with Crippen LogP contribution in [-0.2, 0) is 9.09 Å². The van der Waals surface area contributed by atoms with Crippen LogP contribution < -0.4 is 11.1 Å². The number of hydrogen-bond acceptors (Lipinski definition) is 6. The monoisotopic (exact) mass is 313 g/mol. The number of nitrogen functional groups attached to an aromatic ring is 1. The highest BCUT2D eigenvalue weighted by Gasteiger charge is 2.29. The van der Waals surface area contributed by atoms with Crippen LogP contribution in [0.4, 0.5) is 5.82 Å². The summed E-state index contributed by atoms with van der Waals surface area (Å²) < 4.78 is 15.3. The summed E-state index contributed by atoms with van der Waals surface area (Å²) in [6.07, 6.45) is 4.84. The van der Waals surface area contributed by atoms with Gasteiger partial charge in [0.15, 0.2) is 5.82 Å². The third-order valence-electron chi connectivity index (χ3n) is 3.58. The molecule has 3 heterocycles. The maximum Gasteiger partial charge on any atom is 0.469 e. The molecule has 1 saturated heterocycles. The molecule has 2 unspecified atom stereocenters. The van der Waals surface area contributed by atoms with Crippen molar-refractivity contribution in [2.45, 2.75) is 24.9 Å². The number of anilines is 1. The van der Waals surface area contributed by atoms with Crippen LogP contribution in [0.5, 0.6) is 0 Å². The quantitative estimate of drug-likeness (QED) is 0.511. The molecule has 1 aliphatic heterocycles. The number of phosphoric ester groups is 1. The molecule has 0 saturated carbocycles. The smallest absolute Gasteiger partial charge is 0.382 e. The van der Waals surface area contributed by atoms with E-state index in [1.165, 1.54) is 6.33 Å². The van der Waals surface area contributed by atoms with E-state index >= 15 is 0 Å². The maximum absolute atomic E-state index is 10.7. The van der Waals surface area contributed by atoms with E-state index < -0.39 is 7.82 Å². The third kappa shape index (κ3) is 3.07. The molecule has 114 valence electrons. The second-order valence-electron chi connectivity index (χ2n) is 5.01. The molecule has 1 aliphatic rings. The van der Waals surface area contributed by atoms with Crippen molar-refractivity contribution in [1.82, 2.24) is 20.3 Å². The molecule has 0 aromatic carbocycles. The van der Waals surface area contributed by atoms with E-state index in [1.54, 1.807) is 0 Å². The first-order chi connectivity index (χ1) is 9.94. The summed E-state index contributed by atoms with van der Waals surface area (Å²) in [5, 5.41) is 3.29. The Balaban J connectivity index is 1.73. The fourth-order valence-electron chi connectivity index (χ4n) is 2.63. The van der Waals surface area contributed by atoms with E-state index in [2.05, 4.69) is 24.8 Å². The molecule has 0 radical (unpaired) electrons. The van der Waals surface area contributed by atoms with Gasteiger partial charge in [0, 0.05) is 23.8 Å². The van der Waals surface area contributed by atoms with Crippen molar-refractivity contribution >= 4 is 24.7 Å². The van der Waals surface area contributed by atoms with Crippen molar-refractivity contribution in [3.05, 3.63) is 18.1 Å². The van der Waals surface area contributed by atoms with E-state index in [4.69, 9.17) is 15.5 Å². The van der Waals surface area contributed by atoms with Gasteiger partial charge in [-0.15, -0.1) is 0 Å². The Morgan fingerprint density at radius 1 is 1.43 bits per heavy atom. The number of nitrogens with zero attached hydrogens (tertiary/aromatic N) is 2. The number of hydrogen-bond donors (Lipinski definition) is 5. The Morgan fingerprint density at radius 3 is 3.00 bits per heavy atom. The Bertz CT molecular complexity index is 699. The zero-order valence-electron chi connectivity index (χ0n) is 11.1. The molecule has 0 aliphatic carbocycles. The second-order valence-corrected chi connectivity index (χ2v) is 6.25. The van der Waals surface area contributed by atoms with Crippen molar-refractivity contribution in [3.63, 3.8) is 0 Å². The van der Waals surface area contributed by atoms with Gasteiger partial charge in [-0.2, -0.15) is 0 Å². The Morgan fingerprint density at radius 2 is 2.24 bits per heavy atom. The van der Waals surface area contributed by atoms with E-state index in [9.17, 15) is 4.57 Å². The second kappa shape index (κ2) is 5.36. The van der Waals surface area contributed by atoms with Crippen molar-refractivity contribution in [1.29, 1.82) is 0 Å². The summed E-state index contributed by atoms with van der Waals surface area (Å²) in [7, 11) is -4.43. The van der Waals surface area contributed by atoms with Crippen molar-refractivity contribution in [3.8, 4) is 0 Å². The molecule has 0 bridgehead atoms. The summed E-state index contributed by atoms with van der Waals surface area (Å²) >= 11 is 0. The van der Waals surface area contributed by atoms with Gasteiger partial charge in [0.05, 0.1) is 12.1 Å². The molecule has 0 spiro atoms. The number of rotatable bonds is 4. The highest BCUT2D eigenvalue weighted by Crippen LogP contribution is 2.37. The average molecular weight is 313 g/mol. The van der Waals surface area contributed by atoms with E-state index in [0.717, 1.165) is 23.9 Å². The molecule has 2 aromatic heterocycles. The number of aromatic amines is 1. The predicted octanol–water partition coefficient (Wildman–Crippen LogP) is 0.442. The van der Waals surface area contributed by atoms with Crippen LogP contribution in [0.3, 0.4) is 0 Å². The summed E-state index contributed by atoms with van der Waals surface area (Å²) in [4.78, 5) is 28.7. The van der Waals surface area contributed by atoms with Crippen LogP contribution in [0.2, 0.25) is 0 Å². The molecule has 6 N–H and O–H groups in total. The first-order valence-electron chi connectivity index (χ1n) is 6.47. The van der Waals surface area contributed by atoms with E-state index in [1.807, 2.05) is 6.20 Å². The number of aromatic nitrogens is 3. The zero-order chi connectivity index (χ0) is 15.0. The first-order valence-corrected chi connectivity index (χ1v) is 8.00. The Labute approximate surface area is 120 Å². The SMILES string of the molecule is Nc1ncnc2c(C3CCC(COP(=O)(O)O)N3)c[nH]c12. The Kier molecular flexibility index (Phi) is 3.68. The minimum atomic E-state index is -4.43. The van der Waals surface area contributed by atoms with Crippen LogP contribution in [-0.4, -0.2) is 37.4 Å². The lowest BCUT2D eigenvalue weighted by Crippen LogP contribution is -2.28. The van der Waals surface area contributed by atoms with Crippen LogP contribution in [0.25, 0.3) is 11.0 Å². The van der Waals surface area contributed by atoms with Gasteiger partial charge in [-0.25, -0.2) is 14.5 Å². The maximum atomic E-state index is 10.7. The van der Waals surface area contributed by atoms with Gasteiger partial charge in [0.2, 0.25) is 0 Å². The molecular formula is C11H16N5O4P. The highest BCUT2D eigenvalue weighted by molar-refractivity contribution is 7.46. The number of H-pyrrole nitrogens is 1. The summed E-state index contributed by atoms with van der Waals surface area (Å²) in [5.41, 5.74) is 8.21. The molecule has 10 heteroatoms. The third-order valence-corrected chi connectivity index (χ3v) is 4.07. The molecular weight excluding hydrogens is 297 g/mol. The fraction of sp³-hybridized carbons (Fsp3) is 0.455. The van der Waals surface area contributed by atoms with Crippen LogP contribution in [0.15, 0.2) is 12.5 Å². The Hall–Kier alpha value is -1.51. The average Bonchev–Trinajstić information content (AvgIpc) is 3.02. The van der Waals surface area contributed by atoms with Gasteiger partial charge < -0.3 is 25.8 Å². The van der Waals surface area contributed by atoms with Gasteiger partial charge in [-0.1, -0.05) is 0 Å². The standard InChI is InChI=1S/C11H16N5O4P/c12-11-10-9(14-5-15-11)7(3-13-10)8-2-1-6(16-8)4-20-21(17,18)19/h3,5-6,8,13,16H,1-2,4H2,(H2,12,14,15)(H2,17,18,19). The van der Waals surface area contributed by atoms with Crippen molar-refractivity contribution in [2.24, 2.45) is 0 Å². The lowest BCUT2D eigenvalue weighted by Gasteiger charge is -2.14. The van der Waals surface area contributed by atoms with Gasteiger partial charge in [0.1, 0.15) is 11.8 Å². The number of phosphoric acid groups is 1. The van der Waals surface area contributed by atoms with Crippen LogP contribution in [0.1, 0.15) is 24.4 Å². The molecule has 3 rings (SSSR count). The van der Waals surface area contributed by atoms with Gasteiger partial charge >= 0.3 is 7.82 Å². The number of fused-ring (bicyclic) bond motifs is 1. The molecule has 21 heavy (non-hydrogen) atoms. The number of nitrogens with two attached hydrogens (primary N) is 1. The largest absolute Gasteiger partial charge is 0.469 e. The van der Waals surface area contributed by atoms with Crippen molar-refractivity contribution < 1.29 is 18.9 Å². The minimum Gasteiger partial charge on any atom is -0.382 e. The summed E-state index contributed by atoms with van der Waals surface area (Å²) in [5.74, 6) is 0.394. The first kappa shape index (κ1) is 14.4. The normalized spacial score (nSPS) is 23.0. The molecule has 2 atom stereocenters. The number of nitrogens with one attached hydrogen (secondary N) is 2. The predicted molar refractivity (Wildman–Crippen MR) is 75.2 cm³/mol. The van der Waals surface area contributed by atoms with Gasteiger partial charge in [-0.05, 0) is 12.8 Å². The van der Waals surface area contributed by atoms with E-state index in [0.29, 0.717) is 11.3 Å². The van der Waals surface area contributed by atoms with Crippen LogP contribution >= 0.6 is 7.82 Å².